The first kappa shape index (κ1) is 13.8. The highest BCUT2D eigenvalue weighted by Crippen LogP contribution is 2.26. The third-order valence-corrected chi connectivity index (χ3v) is 3.47. The van der Waals surface area contributed by atoms with Crippen molar-refractivity contribution in [3.05, 3.63) is 27.1 Å². The highest BCUT2D eigenvalue weighted by atomic mass is 79.9. The van der Waals surface area contributed by atoms with Crippen LogP contribution in [0.1, 0.15) is 13.3 Å². The van der Waals surface area contributed by atoms with Gasteiger partial charge in [0.25, 0.3) is 0 Å². The fraction of sp³-hybridized carbons (Fsp3) is 0.333. The number of aromatic amines is 2. The molecule has 0 spiro atoms. The molecule has 0 bridgehead atoms. The van der Waals surface area contributed by atoms with Gasteiger partial charge in [-0.1, -0.05) is 6.92 Å². The average molecular weight is 327 g/mol. The number of fused-ring (bicyclic) bond motifs is 1. The number of benzene rings is 1. The molecular formula is C12H15BrN4O2. The quantitative estimate of drug-likeness (QED) is 0.685. The van der Waals surface area contributed by atoms with Crippen LogP contribution in [0.15, 0.2) is 21.4 Å². The Morgan fingerprint density at radius 3 is 2.68 bits per heavy atom. The molecular weight excluding hydrogens is 312 g/mol. The molecule has 2 rings (SSSR count). The fourth-order valence-electron chi connectivity index (χ4n) is 1.75. The van der Waals surface area contributed by atoms with Gasteiger partial charge in [0.1, 0.15) is 0 Å². The van der Waals surface area contributed by atoms with E-state index in [1.54, 1.807) is 12.1 Å². The van der Waals surface area contributed by atoms with Crippen molar-refractivity contribution in [3.63, 3.8) is 0 Å². The Bertz CT molecular complexity index is 661. The molecule has 7 heteroatoms. The largest absolute Gasteiger partial charge is 0.330 e. The number of amides is 1. The van der Waals surface area contributed by atoms with Gasteiger partial charge in [-0.2, -0.15) is 0 Å². The maximum absolute atomic E-state index is 11.8. The van der Waals surface area contributed by atoms with Gasteiger partial charge in [0.2, 0.25) is 5.91 Å². The minimum Gasteiger partial charge on any atom is -0.330 e. The first-order valence-electron chi connectivity index (χ1n) is 5.91. The van der Waals surface area contributed by atoms with E-state index in [2.05, 4.69) is 31.2 Å². The lowest BCUT2D eigenvalue weighted by atomic mass is 10.1. The summed E-state index contributed by atoms with van der Waals surface area (Å²) in [4.78, 5) is 28.3. The highest BCUT2D eigenvalue weighted by Gasteiger charge is 2.11. The topological polar surface area (TPSA) is 104 Å². The lowest BCUT2D eigenvalue weighted by molar-refractivity contribution is -0.116. The van der Waals surface area contributed by atoms with Gasteiger partial charge >= 0.3 is 5.69 Å². The number of aromatic nitrogens is 2. The number of nitrogens with one attached hydrogen (secondary N) is 3. The SMILES string of the molecule is CC(CN)CC(=O)Nc1cc2[nH]c(=O)[nH]c2cc1Br. The van der Waals surface area contributed by atoms with Gasteiger partial charge in [0.15, 0.2) is 0 Å². The minimum absolute atomic E-state index is 0.101. The van der Waals surface area contributed by atoms with Gasteiger partial charge < -0.3 is 21.0 Å². The number of carbonyl (C=O) groups is 1. The van der Waals surface area contributed by atoms with Gasteiger partial charge in [-0.3, -0.25) is 4.79 Å². The molecule has 5 N–H and O–H groups in total. The zero-order valence-electron chi connectivity index (χ0n) is 10.4. The van der Waals surface area contributed by atoms with Crippen LogP contribution in [-0.2, 0) is 4.79 Å². The molecule has 1 amide bonds. The van der Waals surface area contributed by atoms with Crippen LogP contribution in [-0.4, -0.2) is 22.4 Å². The number of hydrogen-bond acceptors (Lipinski definition) is 3. The monoisotopic (exact) mass is 326 g/mol. The second-order valence-electron chi connectivity index (χ2n) is 4.55. The number of hydrogen-bond donors (Lipinski definition) is 4. The van der Waals surface area contributed by atoms with E-state index < -0.39 is 0 Å². The molecule has 2 aromatic rings. The van der Waals surface area contributed by atoms with Crippen LogP contribution >= 0.6 is 15.9 Å². The molecule has 102 valence electrons. The first-order valence-corrected chi connectivity index (χ1v) is 6.70. The Balaban J connectivity index is 2.22. The minimum atomic E-state index is -0.276. The van der Waals surface area contributed by atoms with Gasteiger partial charge in [-0.25, -0.2) is 4.79 Å². The van der Waals surface area contributed by atoms with E-state index in [1.165, 1.54) is 0 Å². The molecule has 0 aliphatic heterocycles. The summed E-state index contributed by atoms with van der Waals surface area (Å²) in [6, 6.07) is 3.46. The van der Waals surface area contributed by atoms with Gasteiger partial charge in [-0.15, -0.1) is 0 Å². The molecule has 1 aromatic carbocycles. The molecule has 1 heterocycles. The molecule has 1 unspecified atom stereocenters. The molecule has 6 nitrogen and oxygen atoms in total. The van der Waals surface area contributed by atoms with Crippen LogP contribution in [0, 0.1) is 5.92 Å². The summed E-state index contributed by atoms with van der Waals surface area (Å²) in [7, 11) is 0. The molecule has 0 radical (unpaired) electrons. The highest BCUT2D eigenvalue weighted by molar-refractivity contribution is 9.10. The molecule has 0 aliphatic rings. The number of nitrogens with two attached hydrogens (primary N) is 1. The van der Waals surface area contributed by atoms with E-state index in [0.717, 1.165) is 0 Å². The summed E-state index contributed by atoms with van der Waals surface area (Å²) in [6.07, 6.45) is 0.366. The van der Waals surface area contributed by atoms with Crippen LogP contribution in [0.25, 0.3) is 11.0 Å². The summed E-state index contributed by atoms with van der Waals surface area (Å²) in [6.45, 7) is 2.39. The van der Waals surface area contributed by atoms with E-state index >= 15 is 0 Å². The Morgan fingerprint density at radius 1 is 1.42 bits per heavy atom. The number of rotatable bonds is 4. The summed E-state index contributed by atoms with van der Waals surface area (Å²) < 4.78 is 0.712. The predicted octanol–water partition coefficient (Wildman–Crippen LogP) is 1.54. The summed E-state index contributed by atoms with van der Waals surface area (Å²) in [5.74, 6) is 0.0328. The summed E-state index contributed by atoms with van der Waals surface area (Å²) in [5.41, 5.74) is 7.17. The van der Waals surface area contributed by atoms with E-state index in [1.807, 2.05) is 6.92 Å². The average Bonchev–Trinajstić information content (AvgIpc) is 2.68. The molecule has 0 saturated heterocycles. The predicted molar refractivity (Wildman–Crippen MR) is 78.1 cm³/mol. The summed E-state index contributed by atoms with van der Waals surface area (Å²) >= 11 is 3.36. The second-order valence-corrected chi connectivity index (χ2v) is 5.40. The second kappa shape index (κ2) is 5.58. The normalized spacial score (nSPS) is 12.6. The third-order valence-electron chi connectivity index (χ3n) is 2.81. The first-order chi connectivity index (χ1) is 8.99. The Kier molecular flexibility index (Phi) is 4.06. The van der Waals surface area contributed by atoms with Crippen molar-refractivity contribution < 1.29 is 4.79 Å². The Hall–Kier alpha value is -1.60. The van der Waals surface area contributed by atoms with Crippen LogP contribution in [0.3, 0.4) is 0 Å². The lowest BCUT2D eigenvalue weighted by Gasteiger charge is -2.10. The number of H-pyrrole nitrogens is 2. The van der Waals surface area contributed by atoms with Crippen molar-refractivity contribution in [1.82, 2.24) is 9.97 Å². The van der Waals surface area contributed by atoms with Gasteiger partial charge in [0.05, 0.1) is 16.7 Å². The molecule has 1 atom stereocenters. The fourth-order valence-corrected chi connectivity index (χ4v) is 2.20. The third kappa shape index (κ3) is 3.24. The van der Waals surface area contributed by atoms with Crippen LogP contribution in [0.2, 0.25) is 0 Å². The van der Waals surface area contributed by atoms with Crippen molar-refractivity contribution in [3.8, 4) is 0 Å². The van der Waals surface area contributed by atoms with E-state index in [-0.39, 0.29) is 17.5 Å². The van der Waals surface area contributed by atoms with Gasteiger partial charge in [-0.05, 0) is 40.5 Å². The van der Waals surface area contributed by atoms with E-state index in [0.29, 0.717) is 34.2 Å². The van der Waals surface area contributed by atoms with Crippen LogP contribution in [0.5, 0.6) is 0 Å². The van der Waals surface area contributed by atoms with Crippen molar-refractivity contribution in [2.24, 2.45) is 11.7 Å². The van der Waals surface area contributed by atoms with Crippen molar-refractivity contribution in [2.75, 3.05) is 11.9 Å². The maximum atomic E-state index is 11.8. The zero-order valence-corrected chi connectivity index (χ0v) is 12.0. The van der Waals surface area contributed by atoms with Crippen LogP contribution < -0.4 is 16.7 Å². The Morgan fingerprint density at radius 2 is 2.05 bits per heavy atom. The van der Waals surface area contributed by atoms with Gasteiger partial charge in [0, 0.05) is 10.9 Å². The summed E-state index contributed by atoms with van der Waals surface area (Å²) in [5, 5.41) is 2.80. The Labute approximate surface area is 117 Å². The van der Waals surface area contributed by atoms with Crippen molar-refractivity contribution in [2.45, 2.75) is 13.3 Å². The number of imidazole rings is 1. The molecule has 0 aliphatic carbocycles. The van der Waals surface area contributed by atoms with Crippen LogP contribution in [0.4, 0.5) is 5.69 Å². The van der Waals surface area contributed by atoms with Crippen molar-refractivity contribution in [1.29, 1.82) is 0 Å². The number of anilines is 1. The zero-order chi connectivity index (χ0) is 14.0. The molecule has 0 fully saturated rings. The number of carbonyl (C=O) groups excluding carboxylic acids is 1. The van der Waals surface area contributed by atoms with Crippen molar-refractivity contribution >= 4 is 38.6 Å². The van der Waals surface area contributed by atoms with E-state index in [4.69, 9.17) is 5.73 Å². The molecule has 0 saturated carbocycles. The smallest absolute Gasteiger partial charge is 0.323 e. The molecule has 19 heavy (non-hydrogen) atoms. The molecule has 1 aromatic heterocycles. The lowest BCUT2D eigenvalue weighted by Crippen LogP contribution is -2.20. The maximum Gasteiger partial charge on any atom is 0.323 e. The standard InChI is InChI=1S/C12H15BrN4O2/c1-6(5-14)2-11(18)15-8-4-10-9(3-7(8)13)16-12(19)17-10/h3-4,6H,2,5,14H2,1H3,(H,15,18)(H2,16,17,19). The number of halogens is 1. The van der Waals surface area contributed by atoms with E-state index in [9.17, 15) is 9.59 Å².